The second-order valence-corrected chi connectivity index (χ2v) is 4.96. The van der Waals surface area contributed by atoms with Gasteiger partial charge in [0.05, 0.1) is 11.8 Å². The minimum Gasteiger partial charge on any atom is -0.393 e. The molecule has 0 aromatic rings. The molecule has 4 rings (SSSR count). The molecule has 1 saturated heterocycles. The van der Waals surface area contributed by atoms with E-state index in [9.17, 15) is 9.59 Å². The molecule has 2 unspecified atom stereocenters. The Morgan fingerprint density at radius 2 is 1.57 bits per heavy atom. The summed E-state index contributed by atoms with van der Waals surface area (Å²) in [7, 11) is 0. The summed E-state index contributed by atoms with van der Waals surface area (Å²) in [6.07, 6.45) is 6.64. The van der Waals surface area contributed by atoms with Gasteiger partial charge in [-0.05, 0) is 30.1 Å². The fourth-order valence-electron chi connectivity index (χ4n) is 3.88. The Balaban J connectivity index is 1.89. The van der Waals surface area contributed by atoms with Crippen LogP contribution in [0.15, 0.2) is 12.2 Å². The summed E-state index contributed by atoms with van der Waals surface area (Å²) in [5.74, 6) is -0.223. The van der Waals surface area contributed by atoms with Crippen LogP contribution < -0.4 is 0 Å². The third-order valence-electron chi connectivity index (χ3n) is 4.59. The van der Waals surface area contributed by atoms with Gasteiger partial charge in [-0.1, -0.05) is 12.2 Å². The minimum atomic E-state index is -0.275. The number of hydrogen-bond acceptors (Lipinski definition) is 3. The standard InChI is InChI=1S/C11H10O3/c12-9-7-5-1-2-6(11(5)3-4-11)8(7)10(13)14-9/h1-2,5-8H,3-4H2/t5?,6?,7-,8+. The van der Waals surface area contributed by atoms with Gasteiger partial charge < -0.3 is 4.74 Å². The van der Waals surface area contributed by atoms with Gasteiger partial charge in [0.15, 0.2) is 0 Å². The van der Waals surface area contributed by atoms with Gasteiger partial charge in [0.25, 0.3) is 0 Å². The number of allylic oxidation sites excluding steroid dienone is 2. The number of carbonyl (C=O) groups excluding carboxylic acids is 2. The minimum absolute atomic E-state index is 0.139. The van der Waals surface area contributed by atoms with Crippen molar-refractivity contribution in [3.8, 4) is 0 Å². The Kier molecular flexibility index (Phi) is 0.932. The quantitative estimate of drug-likeness (QED) is 0.324. The number of fused-ring (bicyclic) bond motifs is 3. The maximum absolute atomic E-state index is 11.5. The highest BCUT2D eigenvalue weighted by atomic mass is 16.6. The highest BCUT2D eigenvalue weighted by Crippen LogP contribution is 2.73. The van der Waals surface area contributed by atoms with Crippen molar-refractivity contribution in [1.82, 2.24) is 0 Å². The molecule has 3 heteroatoms. The maximum atomic E-state index is 11.5. The molecular formula is C11H10O3. The Hall–Kier alpha value is -1.12. The van der Waals surface area contributed by atoms with Gasteiger partial charge in [0.1, 0.15) is 0 Å². The van der Waals surface area contributed by atoms with Crippen LogP contribution in [0.25, 0.3) is 0 Å². The zero-order valence-electron chi connectivity index (χ0n) is 7.60. The van der Waals surface area contributed by atoms with Crippen LogP contribution in [0.2, 0.25) is 0 Å². The molecule has 4 atom stereocenters. The maximum Gasteiger partial charge on any atom is 0.318 e. The molecular weight excluding hydrogens is 180 g/mol. The summed E-state index contributed by atoms with van der Waals surface area (Å²) in [4.78, 5) is 23.0. The molecule has 3 fully saturated rings. The third-order valence-corrected chi connectivity index (χ3v) is 4.59. The molecule has 2 bridgehead atoms. The van der Waals surface area contributed by atoms with E-state index in [-0.39, 0.29) is 23.8 Å². The predicted molar refractivity (Wildman–Crippen MR) is 45.9 cm³/mol. The highest BCUT2D eigenvalue weighted by Gasteiger charge is 2.72. The first kappa shape index (κ1) is 7.21. The van der Waals surface area contributed by atoms with Crippen molar-refractivity contribution in [2.24, 2.45) is 29.1 Å². The normalized spacial score (nSPS) is 50.0. The predicted octanol–water partition coefficient (Wildman–Crippen LogP) is 0.898. The van der Waals surface area contributed by atoms with Crippen molar-refractivity contribution in [3.63, 3.8) is 0 Å². The Bertz CT molecular complexity index is 359. The molecule has 14 heavy (non-hydrogen) atoms. The molecule has 3 nitrogen and oxygen atoms in total. The molecule has 0 N–H and O–H groups in total. The molecule has 4 aliphatic rings. The number of carbonyl (C=O) groups is 2. The second-order valence-electron chi connectivity index (χ2n) is 4.96. The van der Waals surface area contributed by atoms with E-state index >= 15 is 0 Å². The molecule has 1 aliphatic heterocycles. The van der Waals surface area contributed by atoms with Crippen LogP contribution in [0.5, 0.6) is 0 Å². The first-order chi connectivity index (χ1) is 6.74. The van der Waals surface area contributed by atoms with E-state index in [1.807, 2.05) is 0 Å². The molecule has 0 aromatic heterocycles. The zero-order chi connectivity index (χ0) is 9.50. The van der Waals surface area contributed by atoms with Crippen molar-refractivity contribution in [1.29, 1.82) is 0 Å². The molecule has 0 amide bonds. The molecule has 0 radical (unpaired) electrons. The molecule has 0 aromatic carbocycles. The first-order valence-corrected chi connectivity index (χ1v) is 5.18. The molecule has 3 aliphatic carbocycles. The lowest BCUT2D eigenvalue weighted by Crippen LogP contribution is -2.21. The molecule has 72 valence electrons. The van der Waals surface area contributed by atoms with Crippen molar-refractivity contribution >= 4 is 11.9 Å². The second kappa shape index (κ2) is 1.81. The number of rotatable bonds is 0. The first-order valence-electron chi connectivity index (χ1n) is 5.18. The van der Waals surface area contributed by atoms with Crippen molar-refractivity contribution < 1.29 is 14.3 Å². The molecule has 1 spiro atoms. The number of ether oxygens (including phenoxy) is 1. The van der Waals surface area contributed by atoms with Crippen LogP contribution >= 0.6 is 0 Å². The van der Waals surface area contributed by atoms with E-state index in [1.165, 1.54) is 12.8 Å². The van der Waals surface area contributed by atoms with E-state index in [1.54, 1.807) is 0 Å². The lowest BCUT2D eigenvalue weighted by Gasteiger charge is -2.15. The average molecular weight is 190 g/mol. The van der Waals surface area contributed by atoms with Crippen molar-refractivity contribution in [2.75, 3.05) is 0 Å². The van der Waals surface area contributed by atoms with Crippen LogP contribution in [0.1, 0.15) is 12.8 Å². The van der Waals surface area contributed by atoms with Crippen LogP contribution in [-0.2, 0) is 14.3 Å². The zero-order valence-corrected chi connectivity index (χ0v) is 7.60. The van der Waals surface area contributed by atoms with Crippen LogP contribution in [0, 0.1) is 29.1 Å². The van der Waals surface area contributed by atoms with Gasteiger partial charge in [0.2, 0.25) is 0 Å². The monoisotopic (exact) mass is 190 g/mol. The van der Waals surface area contributed by atoms with E-state index in [0.717, 1.165) is 0 Å². The Labute approximate surface area is 81.1 Å². The smallest absolute Gasteiger partial charge is 0.318 e. The summed E-state index contributed by atoms with van der Waals surface area (Å²) in [5, 5.41) is 0. The lowest BCUT2D eigenvalue weighted by atomic mass is 9.85. The van der Waals surface area contributed by atoms with E-state index in [4.69, 9.17) is 4.74 Å². The number of hydrogen-bond donors (Lipinski definition) is 0. The third kappa shape index (κ3) is 0.527. The molecule has 2 saturated carbocycles. The summed E-state index contributed by atoms with van der Waals surface area (Å²) in [6, 6.07) is 0. The van der Waals surface area contributed by atoms with Gasteiger partial charge in [-0.15, -0.1) is 0 Å². The van der Waals surface area contributed by atoms with Crippen molar-refractivity contribution in [2.45, 2.75) is 12.8 Å². The number of esters is 2. The van der Waals surface area contributed by atoms with Crippen LogP contribution in [-0.4, -0.2) is 11.9 Å². The van der Waals surface area contributed by atoms with Gasteiger partial charge in [-0.25, -0.2) is 0 Å². The fourth-order valence-corrected chi connectivity index (χ4v) is 3.88. The van der Waals surface area contributed by atoms with Crippen LogP contribution in [0.4, 0.5) is 0 Å². The summed E-state index contributed by atoms with van der Waals surface area (Å²) >= 11 is 0. The average Bonchev–Trinajstić information content (AvgIpc) is 2.72. The van der Waals surface area contributed by atoms with E-state index in [2.05, 4.69) is 12.2 Å². The fraction of sp³-hybridized carbons (Fsp3) is 0.636. The number of cyclic esters (lactones) is 2. The van der Waals surface area contributed by atoms with Crippen molar-refractivity contribution in [3.05, 3.63) is 12.2 Å². The Morgan fingerprint density at radius 3 is 2.00 bits per heavy atom. The Morgan fingerprint density at radius 1 is 1.07 bits per heavy atom. The summed E-state index contributed by atoms with van der Waals surface area (Å²) < 4.78 is 4.71. The summed E-state index contributed by atoms with van der Waals surface area (Å²) in [5.41, 5.74) is 0.296. The van der Waals surface area contributed by atoms with Gasteiger partial charge in [-0.3, -0.25) is 9.59 Å². The van der Waals surface area contributed by atoms with E-state index < -0.39 is 0 Å². The van der Waals surface area contributed by atoms with Gasteiger partial charge in [-0.2, -0.15) is 0 Å². The van der Waals surface area contributed by atoms with Crippen LogP contribution in [0.3, 0.4) is 0 Å². The van der Waals surface area contributed by atoms with Gasteiger partial charge >= 0.3 is 11.9 Å². The highest BCUT2D eigenvalue weighted by molar-refractivity contribution is 5.98. The lowest BCUT2D eigenvalue weighted by molar-refractivity contribution is -0.155. The largest absolute Gasteiger partial charge is 0.393 e. The SMILES string of the molecule is O=C1OC(=O)[C@H]2C3C=CC([C@@H]12)C31CC1. The molecule has 1 heterocycles. The summed E-state index contributed by atoms with van der Waals surface area (Å²) in [6.45, 7) is 0. The van der Waals surface area contributed by atoms with Gasteiger partial charge in [0, 0.05) is 0 Å². The topological polar surface area (TPSA) is 43.4 Å². The van der Waals surface area contributed by atoms with E-state index in [0.29, 0.717) is 17.3 Å².